The molecule has 0 aromatic heterocycles. The molecule has 1 unspecified atom stereocenters. The van der Waals surface area contributed by atoms with Crippen molar-refractivity contribution in [2.75, 3.05) is 13.2 Å². The van der Waals surface area contributed by atoms with Gasteiger partial charge in [-0.2, -0.15) is 0 Å². The van der Waals surface area contributed by atoms with Crippen LogP contribution in [0.2, 0.25) is 0 Å². The number of carbonyl (C=O) groups is 3. The van der Waals surface area contributed by atoms with Crippen LogP contribution in [0.3, 0.4) is 0 Å². The highest BCUT2D eigenvalue weighted by atomic mass is 16.6. The van der Waals surface area contributed by atoms with Crippen molar-refractivity contribution in [2.45, 2.75) is 348 Å². The summed E-state index contributed by atoms with van der Waals surface area (Å²) >= 11 is 0. The normalized spacial score (nSPS) is 12.5. The second-order valence-corrected chi connectivity index (χ2v) is 22.4. The Bertz CT molecular complexity index is 1420. The van der Waals surface area contributed by atoms with Gasteiger partial charge in [0.15, 0.2) is 6.10 Å². The maximum Gasteiger partial charge on any atom is 0.306 e. The molecule has 77 heavy (non-hydrogen) atoms. The molecule has 1 atom stereocenters. The van der Waals surface area contributed by atoms with Crippen molar-refractivity contribution in [2.24, 2.45) is 0 Å². The number of allylic oxidation sites excluding steroid dienone is 12. The largest absolute Gasteiger partial charge is 0.462 e. The predicted molar refractivity (Wildman–Crippen MR) is 335 cm³/mol. The van der Waals surface area contributed by atoms with Crippen LogP contribution in [0.1, 0.15) is 342 Å². The third kappa shape index (κ3) is 63.6. The summed E-state index contributed by atoms with van der Waals surface area (Å²) in [6, 6.07) is 0. The van der Waals surface area contributed by atoms with Gasteiger partial charge in [0.1, 0.15) is 13.2 Å². The zero-order valence-corrected chi connectivity index (χ0v) is 51.2. The SMILES string of the molecule is CC/C=C\C/C=C\C/C=C\C/C=C\CCC(=O)OCC(COC(=O)CCCCCCCCCCCCCCCCCCCCC/C=C\C/C=C\CCCCCCC)OC(=O)CCCCCCCCCCCCCCCCC. The molecule has 0 heterocycles. The number of rotatable bonds is 61. The van der Waals surface area contributed by atoms with Crippen molar-refractivity contribution in [1.29, 1.82) is 0 Å². The molecule has 0 bridgehead atoms. The monoisotopic (exact) mass is 1070 g/mol. The fourth-order valence-electron chi connectivity index (χ4n) is 9.73. The highest BCUT2D eigenvalue weighted by Gasteiger charge is 2.19. The Morgan fingerprint density at radius 3 is 0.870 bits per heavy atom. The molecular weight excluding hydrogens is 949 g/mol. The Hall–Kier alpha value is -3.15. The van der Waals surface area contributed by atoms with E-state index in [2.05, 4.69) is 87.6 Å². The van der Waals surface area contributed by atoms with E-state index in [1.807, 2.05) is 6.08 Å². The van der Waals surface area contributed by atoms with Crippen LogP contribution in [-0.4, -0.2) is 37.2 Å². The molecule has 6 nitrogen and oxygen atoms in total. The predicted octanol–water partition coefficient (Wildman–Crippen LogP) is 22.9. The van der Waals surface area contributed by atoms with E-state index in [0.29, 0.717) is 19.3 Å². The summed E-state index contributed by atoms with van der Waals surface area (Å²) in [4.78, 5) is 38.2. The lowest BCUT2D eigenvalue weighted by Crippen LogP contribution is -2.30. The first-order chi connectivity index (χ1) is 38.0. The quantitative estimate of drug-likeness (QED) is 0.0261. The minimum absolute atomic E-state index is 0.0929. The molecule has 0 amide bonds. The molecule has 0 saturated heterocycles. The Labute approximate surface area is 478 Å². The van der Waals surface area contributed by atoms with Crippen LogP contribution < -0.4 is 0 Å². The van der Waals surface area contributed by atoms with Crippen molar-refractivity contribution >= 4 is 17.9 Å². The maximum absolute atomic E-state index is 12.9. The van der Waals surface area contributed by atoms with Crippen LogP contribution in [0.15, 0.2) is 72.9 Å². The average molecular weight is 1080 g/mol. The fraction of sp³-hybridized carbons (Fsp3) is 0.789. The van der Waals surface area contributed by atoms with Gasteiger partial charge in [-0.1, -0.05) is 318 Å². The molecule has 0 N–H and O–H groups in total. The number of unbranched alkanes of at least 4 members (excludes halogenated alkanes) is 38. The molecular formula is C71H126O6. The van der Waals surface area contributed by atoms with Crippen LogP contribution >= 0.6 is 0 Å². The summed E-state index contributed by atoms with van der Waals surface area (Å²) in [7, 11) is 0. The fourth-order valence-corrected chi connectivity index (χ4v) is 9.73. The number of esters is 3. The lowest BCUT2D eigenvalue weighted by atomic mass is 10.0. The number of hydrogen-bond acceptors (Lipinski definition) is 6. The molecule has 6 heteroatoms. The van der Waals surface area contributed by atoms with E-state index in [1.165, 1.54) is 225 Å². The molecule has 0 radical (unpaired) electrons. The third-order valence-corrected chi connectivity index (χ3v) is 14.7. The van der Waals surface area contributed by atoms with Crippen LogP contribution in [0.25, 0.3) is 0 Å². The summed E-state index contributed by atoms with van der Waals surface area (Å²) in [6.45, 7) is 6.49. The standard InChI is InChI=1S/C71H126O6/c1-4-7-10-13-16-19-22-25-27-28-29-30-31-32-33-34-35-36-37-38-39-40-41-42-44-46-49-52-55-58-61-64-70(73)76-67-68(66-75-69(72)63-60-57-54-51-48-45-24-21-18-15-12-9-6-3)77-71(74)65-62-59-56-53-50-47-43-26-23-20-17-14-11-8-5-2/h9,12,18,21-22,25,28-29,45,48,54,57,68H,4-8,10-11,13-17,19-20,23-24,26-27,30-44,46-47,49-53,55-56,58-67H2,1-3H3/b12-9-,21-18-,25-22-,29-28-,48-45-,57-54-. The maximum atomic E-state index is 12.9. The van der Waals surface area contributed by atoms with Gasteiger partial charge in [-0.05, 0) is 77.0 Å². The van der Waals surface area contributed by atoms with Gasteiger partial charge in [0.25, 0.3) is 0 Å². The van der Waals surface area contributed by atoms with Gasteiger partial charge in [-0.25, -0.2) is 0 Å². The Balaban J connectivity index is 4.17. The van der Waals surface area contributed by atoms with E-state index in [-0.39, 0.29) is 37.5 Å². The van der Waals surface area contributed by atoms with Gasteiger partial charge < -0.3 is 14.2 Å². The van der Waals surface area contributed by atoms with E-state index in [9.17, 15) is 14.4 Å². The number of ether oxygens (including phenoxy) is 3. The number of hydrogen-bond donors (Lipinski definition) is 0. The smallest absolute Gasteiger partial charge is 0.306 e. The van der Waals surface area contributed by atoms with Gasteiger partial charge in [-0.15, -0.1) is 0 Å². The second kappa shape index (κ2) is 65.4. The first-order valence-corrected chi connectivity index (χ1v) is 33.4. The van der Waals surface area contributed by atoms with Crippen molar-refractivity contribution in [1.82, 2.24) is 0 Å². The van der Waals surface area contributed by atoms with Gasteiger partial charge >= 0.3 is 17.9 Å². The lowest BCUT2D eigenvalue weighted by molar-refractivity contribution is -0.166. The van der Waals surface area contributed by atoms with Gasteiger partial charge in [-0.3, -0.25) is 14.4 Å². The Morgan fingerprint density at radius 2 is 0.532 bits per heavy atom. The lowest BCUT2D eigenvalue weighted by Gasteiger charge is -2.18. The first-order valence-electron chi connectivity index (χ1n) is 33.4. The molecule has 0 saturated carbocycles. The van der Waals surface area contributed by atoms with E-state index >= 15 is 0 Å². The third-order valence-electron chi connectivity index (χ3n) is 14.7. The molecule has 446 valence electrons. The zero-order valence-electron chi connectivity index (χ0n) is 51.2. The van der Waals surface area contributed by atoms with Crippen LogP contribution in [-0.2, 0) is 28.6 Å². The summed E-state index contributed by atoms with van der Waals surface area (Å²) in [5.41, 5.74) is 0. The van der Waals surface area contributed by atoms with Crippen molar-refractivity contribution in [3.05, 3.63) is 72.9 Å². The van der Waals surface area contributed by atoms with E-state index < -0.39 is 6.10 Å². The number of carbonyl (C=O) groups excluding carboxylic acids is 3. The van der Waals surface area contributed by atoms with E-state index in [4.69, 9.17) is 14.2 Å². The Morgan fingerprint density at radius 1 is 0.273 bits per heavy atom. The molecule has 0 rings (SSSR count). The van der Waals surface area contributed by atoms with Crippen LogP contribution in [0.4, 0.5) is 0 Å². The van der Waals surface area contributed by atoms with Crippen LogP contribution in [0.5, 0.6) is 0 Å². The molecule has 0 aliphatic heterocycles. The topological polar surface area (TPSA) is 78.9 Å². The van der Waals surface area contributed by atoms with E-state index in [0.717, 1.165) is 70.6 Å². The van der Waals surface area contributed by atoms with Gasteiger partial charge in [0, 0.05) is 19.3 Å². The molecule has 0 aliphatic rings. The summed E-state index contributed by atoms with van der Waals surface area (Å²) in [6.07, 6.45) is 85.2. The van der Waals surface area contributed by atoms with Crippen molar-refractivity contribution < 1.29 is 28.6 Å². The molecule has 0 aromatic carbocycles. The van der Waals surface area contributed by atoms with Gasteiger partial charge in [0.2, 0.25) is 0 Å². The summed E-state index contributed by atoms with van der Waals surface area (Å²) in [5, 5.41) is 0. The highest BCUT2D eigenvalue weighted by Crippen LogP contribution is 2.18. The minimum atomic E-state index is -0.801. The molecule has 0 aromatic rings. The zero-order chi connectivity index (χ0) is 55.7. The van der Waals surface area contributed by atoms with Gasteiger partial charge in [0.05, 0.1) is 0 Å². The molecule has 0 fully saturated rings. The second-order valence-electron chi connectivity index (χ2n) is 22.4. The summed E-state index contributed by atoms with van der Waals surface area (Å²) in [5.74, 6) is -0.960. The van der Waals surface area contributed by atoms with E-state index in [1.54, 1.807) is 0 Å². The first kappa shape index (κ1) is 73.8. The highest BCUT2D eigenvalue weighted by molar-refractivity contribution is 5.71. The van der Waals surface area contributed by atoms with Crippen molar-refractivity contribution in [3.8, 4) is 0 Å². The minimum Gasteiger partial charge on any atom is -0.462 e. The van der Waals surface area contributed by atoms with Crippen molar-refractivity contribution in [3.63, 3.8) is 0 Å². The average Bonchev–Trinajstić information content (AvgIpc) is 3.43. The van der Waals surface area contributed by atoms with Crippen LogP contribution in [0, 0.1) is 0 Å². The Kier molecular flexibility index (Phi) is 62.7. The molecule has 0 spiro atoms. The summed E-state index contributed by atoms with van der Waals surface area (Å²) < 4.78 is 16.8. The molecule has 0 aliphatic carbocycles.